The molecule has 2 saturated heterocycles. The van der Waals surface area contributed by atoms with E-state index in [1.165, 1.54) is 12.3 Å². The minimum absolute atomic E-state index is 0.0471. The first-order valence-electron chi connectivity index (χ1n) is 14.9. The molecule has 2 aliphatic heterocycles. The van der Waals surface area contributed by atoms with Gasteiger partial charge in [-0.1, -0.05) is 17.8 Å². The van der Waals surface area contributed by atoms with Crippen LogP contribution >= 0.6 is 11.8 Å². The molecule has 13 N–H and O–H groups in total. The molecule has 0 amide bonds. The predicted molar refractivity (Wildman–Crippen MR) is 158 cm³/mol. The quantitative estimate of drug-likeness (QED) is 0.0934. The fraction of sp³-hybridized carbons (Fsp3) is 0.679. The van der Waals surface area contributed by atoms with Crippen LogP contribution in [0.5, 0.6) is 0 Å². The largest absolute Gasteiger partial charge is 0.416 e. The van der Waals surface area contributed by atoms with Gasteiger partial charge >= 0.3 is 6.18 Å². The summed E-state index contributed by atoms with van der Waals surface area (Å²) in [6, 6.07) is 2.12. The van der Waals surface area contributed by atoms with Crippen molar-refractivity contribution in [1.82, 2.24) is 4.98 Å². The fourth-order valence-electron chi connectivity index (χ4n) is 5.99. The van der Waals surface area contributed by atoms with Gasteiger partial charge < -0.3 is 72.2 Å². The minimum Gasteiger partial charge on any atom is -0.394 e. The number of nitrogens with two attached hydrogens (primary N) is 4. The van der Waals surface area contributed by atoms with Gasteiger partial charge in [-0.3, -0.25) is 4.98 Å². The van der Waals surface area contributed by atoms with Crippen LogP contribution in [0.2, 0.25) is 0 Å². The lowest BCUT2D eigenvalue weighted by Crippen LogP contribution is -2.64. The van der Waals surface area contributed by atoms with Crippen LogP contribution in [-0.2, 0) is 29.9 Å². The van der Waals surface area contributed by atoms with Crippen LogP contribution in [-0.4, -0.2) is 135 Å². The monoisotopic (exact) mass is 695 g/mol. The third kappa shape index (κ3) is 7.69. The molecule has 0 bridgehead atoms. The number of aromatic nitrogens is 1. The van der Waals surface area contributed by atoms with Gasteiger partial charge in [-0.25, -0.2) is 0 Å². The average molecular weight is 696 g/mol. The molecule has 5 rings (SSSR count). The SMILES string of the molecule is NC[C@@H]1O[C@H](O[C@H]2[C@@H](O)[C@H](O[C@@H]3[C@@H](O)[C@H](OCSc4ccnc5cc(C(F)(F)F)ccc45)[C@@H](N)C[C@H]3N)O[C@@H]2CO)[C@H](N)[C@@H](O)[C@@H]1O. The molecule has 3 aliphatic rings. The van der Waals surface area contributed by atoms with Crippen molar-refractivity contribution in [1.29, 1.82) is 0 Å². The number of fused-ring (bicyclic) bond motifs is 1. The Hall–Kier alpha value is -1.79. The van der Waals surface area contributed by atoms with E-state index in [0.29, 0.717) is 10.3 Å². The maximum absolute atomic E-state index is 13.1. The average Bonchev–Trinajstić information content (AvgIpc) is 3.33. The Labute approximate surface area is 271 Å². The molecule has 0 spiro atoms. The molecule has 0 radical (unpaired) electrons. The Kier molecular flexibility index (Phi) is 11.6. The second kappa shape index (κ2) is 15.0. The van der Waals surface area contributed by atoms with Gasteiger partial charge in [0.1, 0.15) is 54.9 Å². The number of hydrogen-bond donors (Lipinski definition) is 9. The number of thioether (sulfide) groups is 1. The number of aliphatic hydroxyl groups excluding tert-OH is 5. The highest BCUT2D eigenvalue weighted by molar-refractivity contribution is 7.99. The lowest BCUT2D eigenvalue weighted by atomic mass is 9.84. The summed E-state index contributed by atoms with van der Waals surface area (Å²) < 4.78 is 68.4. The van der Waals surface area contributed by atoms with Crippen LogP contribution in [0.1, 0.15) is 12.0 Å². The number of aliphatic hydroxyl groups is 5. The molecule has 1 aromatic carbocycles. The minimum atomic E-state index is -4.51. The van der Waals surface area contributed by atoms with Gasteiger partial charge in [0.25, 0.3) is 0 Å². The zero-order chi connectivity index (χ0) is 34.2. The highest BCUT2D eigenvalue weighted by Gasteiger charge is 2.52. The standard InChI is InChI=1S/C28H40F3N5O10S/c29-28(30,31)10-1-2-11-14(5-10)36-4-3-17(11)47-9-42-23-12(33)6-13(34)24(21(23)40)45-27-22(41)25(16(8-37)44-27)46-26-18(35)20(39)19(38)15(7-32)43-26/h1-5,12-13,15-16,18-27,37-41H,6-9,32-35H2/t12-,13+,15-,16+,18+,19+,20+,21-,22+,23+,24-,25+,26+,27-/m0/s1. The highest BCUT2D eigenvalue weighted by atomic mass is 32.2. The summed E-state index contributed by atoms with van der Waals surface area (Å²) in [5.74, 6) is -0.0471. The lowest BCUT2D eigenvalue weighted by Gasteiger charge is -2.43. The number of rotatable bonds is 10. The van der Waals surface area contributed by atoms with Gasteiger partial charge in [-0.05, 0) is 24.6 Å². The molecule has 3 heterocycles. The maximum atomic E-state index is 13.1. The van der Waals surface area contributed by atoms with Crippen molar-refractivity contribution in [3.05, 3.63) is 36.0 Å². The summed E-state index contributed by atoms with van der Waals surface area (Å²) >= 11 is 1.16. The van der Waals surface area contributed by atoms with Crippen LogP contribution in [0.15, 0.2) is 35.4 Å². The summed E-state index contributed by atoms with van der Waals surface area (Å²) in [4.78, 5) is 4.63. The Morgan fingerprint density at radius 2 is 1.55 bits per heavy atom. The molecule has 1 aromatic heterocycles. The molecule has 14 atom stereocenters. The second-order valence-electron chi connectivity index (χ2n) is 11.7. The normalized spacial score (nSPS) is 39.8. The van der Waals surface area contributed by atoms with Gasteiger partial charge in [0.05, 0.1) is 29.7 Å². The molecule has 1 saturated carbocycles. The molecule has 47 heavy (non-hydrogen) atoms. The van der Waals surface area contributed by atoms with Gasteiger partial charge in [0.15, 0.2) is 12.6 Å². The highest BCUT2D eigenvalue weighted by Crippen LogP contribution is 2.36. The van der Waals surface area contributed by atoms with Crippen molar-refractivity contribution in [2.45, 2.75) is 103 Å². The maximum Gasteiger partial charge on any atom is 0.416 e. The van der Waals surface area contributed by atoms with Gasteiger partial charge in [-0.15, -0.1) is 0 Å². The van der Waals surface area contributed by atoms with Crippen molar-refractivity contribution < 1.29 is 62.4 Å². The molecular weight excluding hydrogens is 655 g/mol. The Morgan fingerprint density at radius 3 is 2.23 bits per heavy atom. The number of nitrogens with zero attached hydrogens (tertiary/aromatic N) is 1. The summed E-state index contributed by atoms with van der Waals surface area (Å²) in [5, 5.41) is 53.1. The fourth-order valence-corrected chi connectivity index (χ4v) is 6.83. The first-order valence-corrected chi connectivity index (χ1v) is 15.9. The van der Waals surface area contributed by atoms with Gasteiger partial charge in [-0.2, -0.15) is 13.2 Å². The van der Waals surface area contributed by atoms with E-state index >= 15 is 0 Å². The zero-order valence-electron chi connectivity index (χ0n) is 24.9. The van der Waals surface area contributed by atoms with E-state index in [-0.39, 0.29) is 24.4 Å². The summed E-state index contributed by atoms with van der Waals surface area (Å²) in [5.41, 5.74) is 23.4. The van der Waals surface area contributed by atoms with Crippen LogP contribution in [0.25, 0.3) is 10.9 Å². The number of benzene rings is 1. The predicted octanol–water partition coefficient (Wildman–Crippen LogP) is -2.31. The Balaban J connectivity index is 1.22. The topological polar surface area (TPSA) is 264 Å². The third-order valence-electron chi connectivity index (χ3n) is 8.60. The Bertz CT molecular complexity index is 1350. The van der Waals surface area contributed by atoms with Crippen molar-refractivity contribution >= 4 is 22.7 Å². The first kappa shape index (κ1) is 36.5. The number of ether oxygens (including phenoxy) is 5. The van der Waals surface area contributed by atoms with E-state index in [2.05, 4.69) is 4.98 Å². The summed E-state index contributed by atoms with van der Waals surface area (Å²) in [6.07, 6.45) is -17.1. The van der Waals surface area contributed by atoms with Gasteiger partial charge in [0, 0.05) is 35.1 Å². The molecular formula is C28H40F3N5O10S. The van der Waals surface area contributed by atoms with Crippen LogP contribution < -0.4 is 22.9 Å². The van der Waals surface area contributed by atoms with Gasteiger partial charge in [0.2, 0.25) is 0 Å². The second-order valence-corrected chi connectivity index (χ2v) is 12.7. The molecule has 3 fully saturated rings. The molecule has 1 aliphatic carbocycles. The van der Waals surface area contributed by atoms with Crippen molar-refractivity contribution in [2.24, 2.45) is 22.9 Å². The van der Waals surface area contributed by atoms with Crippen molar-refractivity contribution in [2.75, 3.05) is 19.1 Å². The number of pyridine rings is 1. The lowest BCUT2D eigenvalue weighted by molar-refractivity contribution is -0.280. The van der Waals surface area contributed by atoms with E-state index in [1.807, 2.05) is 0 Å². The third-order valence-corrected chi connectivity index (χ3v) is 9.52. The van der Waals surface area contributed by atoms with Crippen molar-refractivity contribution in [3.8, 4) is 0 Å². The summed E-state index contributed by atoms with van der Waals surface area (Å²) in [7, 11) is 0. The molecule has 15 nitrogen and oxygen atoms in total. The molecule has 19 heteroatoms. The van der Waals surface area contributed by atoms with Crippen LogP contribution in [0, 0.1) is 0 Å². The first-order chi connectivity index (χ1) is 22.2. The van der Waals surface area contributed by atoms with E-state index in [9.17, 15) is 38.7 Å². The van der Waals surface area contributed by atoms with E-state index in [4.69, 9.17) is 46.6 Å². The van der Waals surface area contributed by atoms with Crippen LogP contribution in [0.3, 0.4) is 0 Å². The van der Waals surface area contributed by atoms with Crippen molar-refractivity contribution in [3.63, 3.8) is 0 Å². The molecule has 0 unspecified atom stereocenters. The summed E-state index contributed by atoms with van der Waals surface area (Å²) in [6.45, 7) is -0.781. The van der Waals surface area contributed by atoms with E-state index in [0.717, 1.165) is 23.9 Å². The molecule has 264 valence electrons. The Morgan fingerprint density at radius 1 is 0.872 bits per heavy atom. The smallest absolute Gasteiger partial charge is 0.394 e. The number of alkyl halides is 3. The number of hydrogen-bond acceptors (Lipinski definition) is 16. The van der Waals surface area contributed by atoms with E-state index in [1.54, 1.807) is 6.07 Å². The zero-order valence-corrected chi connectivity index (χ0v) is 25.7. The van der Waals surface area contributed by atoms with Crippen LogP contribution in [0.4, 0.5) is 13.2 Å². The molecule has 2 aromatic rings. The van der Waals surface area contributed by atoms with E-state index < -0.39 is 104 Å². The number of halogens is 3.